The second-order valence-electron chi connectivity index (χ2n) is 12.4. The molecule has 13 nitrogen and oxygen atoms in total. The number of nitrogens with zero attached hydrogens (tertiary/aromatic N) is 5. The van der Waals surface area contributed by atoms with Crippen LogP contribution < -0.4 is 14.5 Å². The lowest BCUT2D eigenvalue weighted by molar-refractivity contribution is -0.149. The smallest absolute Gasteiger partial charge is 0.459 e. The maximum atomic E-state index is 16.0. The lowest BCUT2D eigenvalue weighted by Gasteiger charge is -2.31. The average Bonchev–Trinajstić information content (AvgIpc) is 3.96. The summed E-state index contributed by atoms with van der Waals surface area (Å²) in [6.07, 6.45) is 0.154. The van der Waals surface area contributed by atoms with Gasteiger partial charge in [-0.25, -0.2) is 23.9 Å². The molecule has 0 bridgehead atoms. The van der Waals surface area contributed by atoms with Crippen LogP contribution in [0.25, 0.3) is 11.2 Å². The fourth-order valence-electron chi connectivity index (χ4n) is 5.55. The maximum Gasteiger partial charge on any atom is 0.459 e. The van der Waals surface area contributed by atoms with Crippen molar-refractivity contribution in [3.05, 3.63) is 42.5 Å². The molecule has 0 unspecified atom stereocenters. The minimum absolute atomic E-state index is 0.180. The zero-order valence-electron chi connectivity index (χ0n) is 26.1. The molecule has 1 aliphatic heterocycles. The zero-order chi connectivity index (χ0) is 32.8. The van der Waals surface area contributed by atoms with E-state index in [0.717, 1.165) is 25.7 Å². The van der Waals surface area contributed by atoms with Gasteiger partial charge in [0, 0.05) is 12.1 Å². The van der Waals surface area contributed by atoms with Crippen molar-refractivity contribution in [2.75, 3.05) is 17.4 Å². The molecule has 250 valence electrons. The van der Waals surface area contributed by atoms with Gasteiger partial charge in [-0.05, 0) is 65.5 Å². The van der Waals surface area contributed by atoms with E-state index < -0.39 is 62.5 Å². The molecule has 3 aliphatic rings. The molecule has 6 atom stereocenters. The maximum absolute atomic E-state index is 16.0. The number of aryl methyl sites for hydroxylation is 1. The number of esters is 1. The van der Waals surface area contributed by atoms with Crippen molar-refractivity contribution in [3.8, 4) is 5.75 Å². The highest BCUT2D eigenvalue weighted by atomic mass is 35.5. The van der Waals surface area contributed by atoms with Crippen LogP contribution in [0.2, 0.25) is 0 Å². The molecule has 46 heavy (non-hydrogen) atoms. The Morgan fingerprint density at radius 1 is 1.22 bits per heavy atom. The number of ether oxygens (including phenoxy) is 2. The first kappa shape index (κ1) is 33.0. The number of aliphatic hydroxyl groups excluding tert-OH is 1. The van der Waals surface area contributed by atoms with E-state index in [-0.39, 0.29) is 5.75 Å². The van der Waals surface area contributed by atoms with E-state index in [1.165, 1.54) is 17.8 Å². The van der Waals surface area contributed by atoms with Crippen LogP contribution >= 0.6 is 19.3 Å². The number of hydrogen-bond acceptors (Lipinski definition) is 11. The summed E-state index contributed by atoms with van der Waals surface area (Å²) in [6.45, 7) is 5.92. The second-order valence-corrected chi connectivity index (χ2v) is 14.4. The number of imidazole rings is 1. The molecule has 1 aromatic carbocycles. The SMILES string of the molecule is Cc1nc(N(C2CC2)C2CC2)c2ncn([C@@H]3O[C@](CCl)(CO[P@](=O)(N[C@@H](C)C(=O)OC(C)C)Oc4ccccc4)[C@@H](O)[C@@H]3F)c2n1. The van der Waals surface area contributed by atoms with Gasteiger partial charge < -0.3 is 24.0 Å². The lowest BCUT2D eigenvalue weighted by Crippen LogP contribution is -2.48. The Kier molecular flexibility index (Phi) is 9.32. The van der Waals surface area contributed by atoms with Gasteiger partial charge >= 0.3 is 13.7 Å². The van der Waals surface area contributed by atoms with Crippen LogP contribution in [-0.2, 0) is 23.4 Å². The molecule has 0 radical (unpaired) electrons. The number of alkyl halides is 2. The predicted molar refractivity (Wildman–Crippen MR) is 168 cm³/mol. The summed E-state index contributed by atoms with van der Waals surface area (Å²) in [5, 5.41) is 13.8. The highest BCUT2D eigenvalue weighted by molar-refractivity contribution is 7.52. The van der Waals surface area contributed by atoms with Gasteiger partial charge in [0.25, 0.3) is 0 Å². The van der Waals surface area contributed by atoms with Gasteiger partial charge in [0.15, 0.2) is 29.4 Å². The average molecular weight is 681 g/mol. The van der Waals surface area contributed by atoms with Crippen LogP contribution in [0.4, 0.5) is 10.2 Å². The number of para-hydroxylation sites is 1. The molecular weight excluding hydrogens is 642 g/mol. The topological polar surface area (TPSA) is 150 Å². The number of carbonyl (C=O) groups is 1. The molecule has 0 amide bonds. The largest absolute Gasteiger partial charge is 0.462 e. The number of nitrogens with one attached hydrogen (secondary N) is 1. The van der Waals surface area contributed by atoms with Gasteiger partial charge in [-0.1, -0.05) is 18.2 Å². The molecule has 1 saturated heterocycles. The number of rotatable bonds is 14. The normalized spacial score (nSPS) is 26.7. The van der Waals surface area contributed by atoms with E-state index in [1.807, 2.05) is 0 Å². The Balaban J connectivity index is 1.26. The van der Waals surface area contributed by atoms with Crippen LogP contribution in [0.5, 0.6) is 5.75 Å². The molecule has 3 heterocycles. The number of anilines is 1. The summed E-state index contributed by atoms with van der Waals surface area (Å²) in [5.41, 5.74) is -0.987. The van der Waals surface area contributed by atoms with Crippen LogP contribution in [0, 0.1) is 6.92 Å². The Morgan fingerprint density at radius 3 is 2.50 bits per heavy atom. The molecule has 2 N–H and O–H groups in total. The monoisotopic (exact) mass is 680 g/mol. The summed E-state index contributed by atoms with van der Waals surface area (Å²) in [7, 11) is -4.37. The van der Waals surface area contributed by atoms with E-state index in [0.29, 0.717) is 34.9 Å². The fourth-order valence-corrected chi connectivity index (χ4v) is 7.40. The first-order chi connectivity index (χ1) is 21.9. The summed E-state index contributed by atoms with van der Waals surface area (Å²) in [6, 6.07) is 7.86. The Labute approximate surface area is 271 Å². The van der Waals surface area contributed by atoms with E-state index in [4.69, 9.17) is 35.1 Å². The Hall–Kier alpha value is -2.87. The van der Waals surface area contributed by atoms with Crippen LogP contribution in [0.15, 0.2) is 36.7 Å². The number of hydrogen-bond donors (Lipinski definition) is 2. The van der Waals surface area contributed by atoms with Crippen molar-refractivity contribution in [3.63, 3.8) is 0 Å². The second kappa shape index (κ2) is 13.0. The molecule has 0 spiro atoms. The van der Waals surface area contributed by atoms with Crippen LogP contribution in [0.1, 0.15) is 58.5 Å². The van der Waals surface area contributed by atoms with Gasteiger partial charge in [-0.2, -0.15) is 5.09 Å². The predicted octanol–water partition coefficient (Wildman–Crippen LogP) is 4.60. The van der Waals surface area contributed by atoms with E-state index in [1.54, 1.807) is 51.1 Å². The fraction of sp³-hybridized carbons (Fsp3) is 0.600. The number of aromatic nitrogens is 4. The summed E-state index contributed by atoms with van der Waals surface area (Å²) in [4.78, 5) is 28.7. The molecule has 2 aromatic heterocycles. The number of halogens is 2. The highest BCUT2D eigenvalue weighted by Crippen LogP contribution is 2.49. The third kappa shape index (κ3) is 6.74. The molecule has 6 rings (SSSR count). The van der Waals surface area contributed by atoms with Crippen LogP contribution in [-0.4, -0.2) is 85.2 Å². The van der Waals surface area contributed by atoms with E-state index in [2.05, 4.69) is 20.0 Å². The van der Waals surface area contributed by atoms with Crippen molar-refractivity contribution in [2.45, 2.75) is 102 Å². The minimum atomic E-state index is -4.37. The standard InChI is InChI=1S/C30H39ClFN6O7P/c1-17(2)43-29(40)18(3)36-46(41,45-22-8-6-5-7-9-22)42-15-30(14-31)25(39)23(32)28(44-30)37-16-33-24-26(37)34-19(4)35-27(24)38(20-10-11-20)21-12-13-21/h5-9,16-18,20-21,23,25,28,39H,10-15H2,1-4H3,(H,36,41)/t18-,23-,25-,28+,30+,46+/m0/s1. The number of benzene rings is 1. The molecule has 2 saturated carbocycles. The van der Waals surface area contributed by atoms with Gasteiger partial charge in [0.05, 0.1) is 24.9 Å². The van der Waals surface area contributed by atoms with E-state index in [9.17, 15) is 14.5 Å². The summed E-state index contributed by atoms with van der Waals surface area (Å²) < 4.78 is 54.4. The van der Waals surface area contributed by atoms with Crippen molar-refractivity contribution in [1.82, 2.24) is 24.6 Å². The molecule has 3 fully saturated rings. The summed E-state index contributed by atoms with van der Waals surface area (Å²) >= 11 is 6.33. The van der Waals surface area contributed by atoms with Crippen molar-refractivity contribution in [2.24, 2.45) is 0 Å². The van der Waals surface area contributed by atoms with Crippen molar-refractivity contribution in [1.29, 1.82) is 0 Å². The highest BCUT2D eigenvalue weighted by Gasteiger charge is 2.57. The molecular formula is C30H39ClFN6O7P. The number of carbonyl (C=O) groups excluding carboxylic acids is 1. The third-order valence-electron chi connectivity index (χ3n) is 8.11. The van der Waals surface area contributed by atoms with E-state index >= 15 is 4.39 Å². The molecule has 16 heteroatoms. The quantitative estimate of drug-likeness (QED) is 0.139. The summed E-state index contributed by atoms with van der Waals surface area (Å²) in [5.74, 6) is 0.270. The molecule has 2 aliphatic carbocycles. The first-order valence-corrected chi connectivity index (χ1v) is 17.5. The van der Waals surface area contributed by atoms with Gasteiger partial charge in [0.1, 0.15) is 29.3 Å². The van der Waals surface area contributed by atoms with Gasteiger partial charge in [0.2, 0.25) is 0 Å². The lowest BCUT2D eigenvalue weighted by atomic mass is 9.99. The van der Waals surface area contributed by atoms with Crippen molar-refractivity contribution < 1.29 is 37.4 Å². The zero-order valence-corrected chi connectivity index (χ0v) is 27.7. The number of aliphatic hydroxyl groups is 1. The Bertz CT molecular complexity index is 1600. The van der Waals surface area contributed by atoms with Gasteiger partial charge in [-0.15, -0.1) is 11.6 Å². The minimum Gasteiger partial charge on any atom is -0.462 e. The third-order valence-corrected chi connectivity index (χ3v) is 10.2. The van der Waals surface area contributed by atoms with Crippen molar-refractivity contribution >= 4 is 42.3 Å². The Morgan fingerprint density at radius 2 is 1.89 bits per heavy atom. The first-order valence-electron chi connectivity index (χ1n) is 15.5. The van der Waals surface area contributed by atoms with Gasteiger partial charge in [-0.3, -0.25) is 13.9 Å². The molecule has 3 aromatic rings. The van der Waals surface area contributed by atoms with Crippen LogP contribution in [0.3, 0.4) is 0 Å². The number of fused-ring (bicyclic) bond motifs is 1.